The predicted octanol–water partition coefficient (Wildman–Crippen LogP) is 3.40. The molecule has 1 aromatic carbocycles. The zero-order chi connectivity index (χ0) is 17.8. The van der Waals surface area contributed by atoms with Gasteiger partial charge in [-0.15, -0.1) is 0 Å². The predicted molar refractivity (Wildman–Crippen MR) is 78.0 cm³/mol. The van der Waals surface area contributed by atoms with Crippen LogP contribution in [-0.4, -0.2) is 19.3 Å². The second-order valence-corrected chi connectivity index (χ2v) is 6.79. The summed E-state index contributed by atoms with van der Waals surface area (Å²) in [5, 5.41) is 8.68. The highest BCUT2D eigenvalue weighted by molar-refractivity contribution is 7.89. The van der Waals surface area contributed by atoms with Crippen LogP contribution in [0, 0.1) is 11.3 Å². The summed E-state index contributed by atoms with van der Waals surface area (Å²) in [6, 6.07) is 8.23. The standard InChI is InChI=1S/C15H13F3N2O3S/c16-15(17,18)12-4-6-14(7-5-12)24(21,22)20(9-2-8-19)11-13-3-1-10-23-13/h1,3-7,10H,2,9,11H2. The summed E-state index contributed by atoms with van der Waals surface area (Å²) < 4.78 is 69.1. The number of hydrogen-bond donors (Lipinski definition) is 0. The fourth-order valence-corrected chi connectivity index (χ4v) is 3.41. The van der Waals surface area contributed by atoms with Gasteiger partial charge < -0.3 is 4.42 Å². The molecule has 0 bridgehead atoms. The molecule has 0 unspecified atom stereocenters. The largest absolute Gasteiger partial charge is 0.468 e. The maximum atomic E-state index is 12.6. The Morgan fingerprint density at radius 1 is 1.17 bits per heavy atom. The van der Waals surface area contributed by atoms with Crippen LogP contribution in [0.1, 0.15) is 17.7 Å². The second kappa shape index (κ2) is 7.07. The van der Waals surface area contributed by atoms with Crippen LogP contribution in [0.5, 0.6) is 0 Å². The van der Waals surface area contributed by atoms with Crippen molar-refractivity contribution in [3.63, 3.8) is 0 Å². The molecular formula is C15H13F3N2O3S. The minimum absolute atomic E-state index is 0.0550. The van der Waals surface area contributed by atoms with E-state index in [-0.39, 0.29) is 24.4 Å². The third-order valence-corrected chi connectivity index (χ3v) is 5.06. The van der Waals surface area contributed by atoms with Crippen LogP contribution in [0.4, 0.5) is 13.2 Å². The third kappa shape index (κ3) is 4.15. The number of rotatable bonds is 6. The fourth-order valence-electron chi connectivity index (χ4n) is 2.00. The number of alkyl halides is 3. The molecule has 0 atom stereocenters. The van der Waals surface area contributed by atoms with Gasteiger partial charge in [-0.1, -0.05) is 0 Å². The first kappa shape index (κ1) is 18.0. The Morgan fingerprint density at radius 2 is 1.83 bits per heavy atom. The average molecular weight is 358 g/mol. The van der Waals surface area contributed by atoms with Gasteiger partial charge >= 0.3 is 6.18 Å². The number of nitrogens with zero attached hydrogens (tertiary/aromatic N) is 2. The Bertz CT molecular complexity index is 807. The smallest absolute Gasteiger partial charge is 0.416 e. The molecule has 0 saturated carbocycles. The lowest BCUT2D eigenvalue weighted by Crippen LogP contribution is -2.31. The summed E-state index contributed by atoms with van der Waals surface area (Å²) in [7, 11) is -4.06. The summed E-state index contributed by atoms with van der Waals surface area (Å²) in [5.41, 5.74) is -0.934. The molecule has 5 nitrogen and oxygen atoms in total. The lowest BCUT2D eigenvalue weighted by atomic mass is 10.2. The molecule has 0 fully saturated rings. The van der Waals surface area contributed by atoms with Crippen molar-refractivity contribution in [2.45, 2.75) is 24.0 Å². The van der Waals surface area contributed by atoms with E-state index in [4.69, 9.17) is 9.68 Å². The first-order valence-corrected chi connectivity index (χ1v) is 8.26. The van der Waals surface area contributed by atoms with Crippen molar-refractivity contribution in [3.05, 3.63) is 54.0 Å². The molecular weight excluding hydrogens is 345 g/mol. The van der Waals surface area contributed by atoms with Crippen molar-refractivity contribution in [1.29, 1.82) is 5.26 Å². The topological polar surface area (TPSA) is 74.3 Å². The van der Waals surface area contributed by atoms with Crippen molar-refractivity contribution in [2.24, 2.45) is 0 Å². The van der Waals surface area contributed by atoms with E-state index in [9.17, 15) is 21.6 Å². The van der Waals surface area contributed by atoms with Gasteiger partial charge in [0, 0.05) is 13.0 Å². The summed E-state index contributed by atoms with van der Waals surface area (Å²) >= 11 is 0. The Labute approximate surface area is 137 Å². The highest BCUT2D eigenvalue weighted by Gasteiger charge is 2.31. The van der Waals surface area contributed by atoms with Crippen molar-refractivity contribution in [3.8, 4) is 6.07 Å². The Hall–Kier alpha value is -2.31. The van der Waals surface area contributed by atoms with E-state index in [1.54, 1.807) is 12.1 Å². The number of furan rings is 1. The third-order valence-electron chi connectivity index (χ3n) is 3.20. The number of benzene rings is 1. The van der Waals surface area contributed by atoms with Crippen LogP contribution in [-0.2, 0) is 22.7 Å². The van der Waals surface area contributed by atoms with Gasteiger partial charge in [0.1, 0.15) is 5.76 Å². The van der Waals surface area contributed by atoms with Crippen LogP contribution in [0.25, 0.3) is 0 Å². The lowest BCUT2D eigenvalue weighted by molar-refractivity contribution is -0.137. The van der Waals surface area contributed by atoms with E-state index in [0.717, 1.165) is 16.4 Å². The Kier molecular flexibility index (Phi) is 5.31. The quantitative estimate of drug-likeness (QED) is 0.793. The average Bonchev–Trinajstić information content (AvgIpc) is 3.03. The molecule has 0 amide bonds. The van der Waals surface area contributed by atoms with Crippen LogP contribution in [0.15, 0.2) is 52.0 Å². The number of nitriles is 1. The van der Waals surface area contributed by atoms with Gasteiger partial charge in [0.15, 0.2) is 0 Å². The van der Waals surface area contributed by atoms with E-state index in [1.807, 2.05) is 6.07 Å². The minimum atomic E-state index is -4.54. The first-order valence-electron chi connectivity index (χ1n) is 6.82. The molecule has 1 heterocycles. The van der Waals surface area contributed by atoms with Crippen LogP contribution in [0.3, 0.4) is 0 Å². The van der Waals surface area contributed by atoms with Crippen LogP contribution in [0.2, 0.25) is 0 Å². The van der Waals surface area contributed by atoms with Gasteiger partial charge in [-0.25, -0.2) is 8.42 Å². The van der Waals surface area contributed by atoms with Crippen molar-refractivity contribution in [2.75, 3.05) is 6.54 Å². The molecule has 0 aliphatic heterocycles. The highest BCUT2D eigenvalue weighted by atomic mass is 32.2. The molecule has 24 heavy (non-hydrogen) atoms. The number of hydrogen-bond acceptors (Lipinski definition) is 4. The van der Waals surface area contributed by atoms with Crippen molar-refractivity contribution < 1.29 is 26.0 Å². The first-order chi connectivity index (χ1) is 11.2. The van der Waals surface area contributed by atoms with Gasteiger partial charge in [0.05, 0.1) is 29.3 Å². The summed E-state index contributed by atoms with van der Waals surface area (Å²) in [6.07, 6.45) is -3.22. The molecule has 9 heteroatoms. The van der Waals surface area contributed by atoms with Gasteiger partial charge in [-0.3, -0.25) is 0 Å². The monoisotopic (exact) mass is 358 g/mol. The zero-order valence-corrected chi connectivity index (χ0v) is 13.1. The Morgan fingerprint density at radius 3 is 2.33 bits per heavy atom. The molecule has 2 rings (SSSR count). The molecule has 0 aliphatic carbocycles. The molecule has 2 aromatic rings. The van der Waals surface area contributed by atoms with Gasteiger partial charge in [-0.2, -0.15) is 22.7 Å². The molecule has 0 N–H and O–H groups in total. The molecule has 0 spiro atoms. The molecule has 0 aliphatic rings. The molecule has 0 saturated heterocycles. The SMILES string of the molecule is N#CCCN(Cc1ccco1)S(=O)(=O)c1ccc(C(F)(F)F)cc1. The van der Waals surface area contributed by atoms with Gasteiger partial charge in [0.2, 0.25) is 10.0 Å². The highest BCUT2D eigenvalue weighted by Crippen LogP contribution is 2.30. The van der Waals surface area contributed by atoms with E-state index < -0.39 is 21.8 Å². The number of sulfonamides is 1. The van der Waals surface area contributed by atoms with E-state index >= 15 is 0 Å². The summed E-state index contributed by atoms with van der Waals surface area (Å²) in [4.78, 5) is -0.278. The second-order valence-electron chi connectivity index (χ2n) is 4.85. The zero-order valence-electron chi connectivity index (χ0n) is 12.3. The van der Waals surface area contributed by atoms with Crippen molar-refractivity contribution >= 4 is 10.0 Å². The fraction of sp³-hybridized carbons (Fsp3) is 0.267. The van der Waals surface area contributed by atoms with Gasteiger partial charge in [-0.05, 0) is 36.4 Å². The van der Waals surface area contributed by atoms with Crippen LogP contribution < -0.4 is 0 Å². The summed E-state index contributed by atoms with van der Waals surface area (Å²) in [5.74, 6) is 0.364. The van der Waals surface area contributed by atoms with Crippen LogP contribution >= 0.6 is 0 Å². The molecule has 0 radical (unpaired) electrons. The maximum Gasteiger partial charge on any atom is 0.416 e. The van der Waals surface area contributed by atoms with E-state index in [0.29, 0.717) is 17.9 Å². The normalized spacial score (nSPS) is 12.3. The summed E-state index contributed by atoms with van der Waals surface area (Å²) in [6.45, 7) is -0.210. The lowest BCUT2D eigenvalue weighted by Gasteiger charge is -2.20. The maximum absolute atomic E-state index is 12.6. The molecule has 128 valence electrons. The van der Waals surface area contributed by atoms with E-state index in [2.05, 4.69) is 0 Å². The minimum Gasteiger partial charge on any atom is -0.468 e. The number of halogens is 3. The van der Waals surface area contributed by atoms with Crippen molar-refractivity contribution in [1.82, 2.24) is 4.31 Å². The van der Waals surface area contributed by atoms with E-state index in [1.165, 1.54) is 6.26 Å². The van der Waals surface area contributed by atoms with Gasteiger partial charge in [0.25, 0.3) is 0 Å². The Balaban J connectivity index is 2.31. The molecule has 1 aromatic heterocycles.